The third kappa shape index (κ3) is 4.01. The molecule has 4 rings (SSSR count). The zero-order valence-electron chi connectivity index (χ0n) is 17.4. The van der Waals surface area contributed by atoms with Crippen molar-refractivity contribution in [3.8, 4) is 0 Å². The number of imidazole rings is 1. The lowest BCUT2D eigenvalue weighted by Crippen LogP contribution is -2.43. The highest BCUT2D eigenvalue weighted by Crippen LogP contribution is 2.25. The summed E-state index contributed by atoms with van der Waals surface area (Å²) >= 11 is 0. The Morgan fingerprint density at radius 3 is 2.87 bits per heavy atom. The second kappa shape index (κ2) is 8.42. The SMILES string of the molecule is CC(C)CC(=O)N1CCC[C@H](n2c(=O)n(Cc3cccc(F)c3)c3cccnc32)C1. The van der Waals surface area contributed by atoms with Gasteiger partial charge in [0.05, 0.1) is 18.1 Å². The summed E-state index contributed by atoms with van der Waals surface area (Å²) in [5.74, 6) is 0.114. The van der Waals surface area contributed by atoms with Crippen LogP contribution in [0.25, 0.3) is 11.2 Å². The predicted molar refractivity (Wildman–Crippen MR) is 114 cm³/mol. The molecule has 1 saturated heterocycles. The summed E-state index contributed by atoms with van der Waals surface area (Å²) in [6, 6.07) is 9.83. The number of hydrogen-bond acceptors (Lipinski definition) is 3. The number of hydrogen-bond donors (Lipinski definition) is 0. The molecule has 0 saturated carbocycles. The molecule has 0 aliphatic carbocycles. The fourth-order valence-electron chi connectivity index (χ4n) is 4.28. The summed E-state index contributed by atoms with van der Waals surface area (Å²) in [6.45, 7) is 5.59. The number of piperidine rings is 1. The number of aromatic nitrogens is 3. The molecule has 1 aromatic carbocycles. The van der Waals surface area contributed by atoms with Crippen molar-refractivity contribution in [2.24, 2.45) is 5.92 Å². The first-order chi connectivity index (χ1) is 14.4. The quantitative estimate of drug-likeness (QED) is 0.646. The number of fused-ring (bicyclic) bond motifs is 1. The molecule has 0 unspecified atom stereocenters. The monoisotopic (exact) mass is 410 g/mol. The Bertz CT molecular complexity index is 1120. The summed E-state index contributed by atoms with van der Waals surface area (Å²) < 4.78 is 17.0. The smallest absolute Gasteiger partial charge is 0.330 e. The topological polar surface area (TPSA) is 60.1 Å². The van der Waals surface area contributed by atoms with Gasteiger partial charge in [0.15, 0.2) is 5.65 Å². The van der Waals surface area contributed by atoms with Gasteiger partial charge in [0, 0.05) is 25.7 Å². The van der Waals surface area contributed by atoms with E-state index < -0.39 is 0 Å². The second-order valence-electron chi connectivity index (χ2n) is 8.45. The van der Waals surface area contributed by atoms with E-state index in [1.165, 1.54) is 12.1 Å². The van der Waals surface area contributed by atoms with Crippen molar-refractivity contribution in [3.63, 3.8) is 0 Å². The second-order valence-corrected chi connectivity index (χ2v) is 8.45. The highest BCUT2D eigenvalue weighted by Gasteiger charge is 2.28. The number of likely N-dealkylation sites (tertiary alicyclic amines) is 1. The Labute approximate surface area is 174 Å². The maximum absolute atomic E-state index is 13.6. The van der Waals surface area contributed by atoms with Crippen LogP contribution in [0, 0.1) is 11.7 Å². The molecule has 0 N–H and O–H groups in total. The first-order valence-corrected chi connectivity index (χ1v) is 10.5. The predicted octanol–water partition coefficient (Wildman–Crippen LogP) is 3.60. The Morgan fingerprint density at radius 2 is 2.10 bits per heavy atom. The zero-order chi connectivity index (χ0) is 21.3. The molecule has 0 radical (unpaired) electrons. The number of pyridine rings is 1. The molecule has 1 fully saturated rings. The minimum Gasteiger partial charge on any atom is -0.341 e. The van der Waals surface area contributed by atoms with Crippen LogP contribution in [0.4, 0.5) is 4.39 Å². The van der Waals surface area contributed by atoms with Gasteiger partial charge < -0.3 is 4.90 Å². The van der Waals surface area contributed by atoms with Crippen molar-refractivity contribution in [1.29, 1.82) is 0 Å². The van der Waals surface area contributed by atoms with E-state index in [2.05, 4.69) is 4.98 Å². The first kappa shape index (κ1) is 20.3. The molecule has 6 nitrogen and oxygen atoms in total. The maximum Gasteiger partial charge on any atom is 0.330 e. The van der Waals surface area contributed by atoms with Crippen LogP contribution in [0.15, 0.2) is 47.4 Å². The molecule has 1 aliphatic rings. The maximum atomic E-state index is 13.6. The number of carbonyl (C=O) groups excluding carboxylic acids is 1. The van der Waals surface area contributed by atoms with E-state index in [4.69, 9.17) is 0 Å². The third-order valence-electron chi connectivity index (χ3n) is 5.65. The summed E-state index contributed by atoms with van der Waals surface area (Å²) in [5, 5.41) is 0. The Hall–Kier alpha value is -2.96. The van der Waals surface area contributed by atoms with Gasteiger partial charge in [-0.25, -0.2) is 14.2 Å². The van der Waals surface area contributed by atoms with Crippen LogP contribution in [0.5, 0.6) is 0 Å². The van der Waals surface area contributed by atoms with Crippen molar-refractivity contribution in [1.82, 2.24) is 19.0 Å². The summed E-state index contributed by atoms with van der Waals surface area (Å²) in [5.41, 5.74) is 1.88. The van der Waals surface area contributed by atoms with Gasteiger partial charge in [0.2, 0.25) is 5.91 Å². The first-order valence-electron chi connectivity index (χ1n) is 10.5. The van der Waals surface area contributed by atoms with Crippen LogP contribution in [-0.2, 0) is 11.3 Å². The molecule has 1 amide bonds. The standard InChI is InChI=1S/C23H27FN4O2/c1-16(2)12-21(29)26-11-5-8-19(15-26)28-22-20(9-4-10-25-22)27(23(28)30)14-17-6-3-7-18(24)13-17/h3-4,6-7,9-10,13,16,19H,5,8,11-12,14-15H2,1-2H3/t19-/m0/s1. The number of halogens is 1. The Morgan fingerprint density at radius 1 is 1.27 bits per heavy atom. The van der Waals surface area contributed by atoms with Crippen LogP contribution in [0.3, 0.4) is 0 Å². The number of nitrogens with zero attached hydrogens (tertiary/aromatic N) is 4. The lowest BCUT2D eigenvalue weighted by atomic mass is 10.0. The van der Waals surface area contributed by atoms with Gasteiger partial charge in [0.25, 0.3) is 0 Å². The molecule has 158 valence electrons. The van der Waals surface area contributed by atoms with Crippen LogP contribution < -0.4 is 5.69 Å². The van der Waals surface area contributed by atoms with E-state index in [0.29, 0.717) is 24.5 Å². The molecule has 1 aliphatic heterocycles. The molecule has 3 heterocycles. The van der Waals surface area contributed by atoms with Crippen LogP contribution >= 0.6 is 0 Å². The zero-order valence-corrected chi connectivity index (χ0v) is 17.4. The van der Waals surface area contributed by atoms with E-state index >= 15 is 0 Å². The summed E-state index contributed by atoms with van der Waals surface area (Å²) in [6.07, 6.45) is 3.86. The normalized spacial score (nSPS) is 17.1. The Kier molecular flexibility index (Phi) is 5.70. The van der Waals surface area contributed by atoms with Gasteiger partial charge in [-0.2, -0.15) is 0 Å². The van der Waals surface area contributed by atoms with Crippen LogP contribution in [-0.4, -0.2) is 38.0 Å². The molecule has 0 bridgehead atoms. The third-order valence-corrected chi connectivity index (χ3v) is 5.65. The summed E-state index contributed by atoms with van der Waals surface area (Å²) in [4.78, 5) is 32.4. The van der Waals surface area contributed by atoms with Crippen molar-refractivity contribution in [3.05, 3.63) is 64.5 Å². The minimum absolute atomic E-state index is 0.117. The van der Waals surface area contributed by atoms with Crippen LogP contribution in [0.2, 0.25) is 0 Å². The lowest BCUT2D eigenvalue weighted by molar-refractivity contribution is -0.133. The fourth-order valence-corrected chi connectivity index (χ4v) is 4.28. The van der Waals surface area contributed by atoms with Gasteiger partial charge in [-0.15, -0.1) is 0 Å². The molecule has 7 heteroatoms. The van der Waals surface area contributed by atoms with Gasteiger partial charge in [-0.05, 0) is 48.6 Å². The number of amides is 1. The van der Waals surface area contributed by atoms with E-state index in [1.807, 2.05) is 30.9 Å². The molecule has 3 aromatic rings. The number of rotatable bonds is 5. The van der Waals surface area contributed by atoms with E-state index in [0.717, 1.165) is 30.5 Å². The van der Waals surface area contributed by atoms with Crippen molar-refractivity contribution in [2.45, 2.75) is 45.7 Å². The summed E-state index contributed by atoms with van der Waals surface area (Å²) in [7, 11) is 0. The van der Waals surface area contributed by atoms with Crippen LogP contribution in [0.1, 0.15) is 44.7 Å². The molecular formula is C23H27FN4O2. The highest BCUT2D eigenvalue weighted by atomic mass is 19.1. The average Bonchev–Trinajstić information content (AvgIpc) is 2.99. The van der Waals surface area contributed by atoms with Gasteiger partial charge >= 0.3 is 5.69 Å². The minimum atomic E-state index is -0.325. The molecule has 30 heavy (non-hydrogen) atoms. The van der Waals surface area contributed by atoms with E-state index in [1.54, 1.807) is 27.5 Å². The largest absolute Gasteiger partial charge is 0.341 e. The number of carbonyl (C=O) groups is 1. The van der Waals surface area contributed by atoms with E-state index in [9.17, 15) is 14.0 Å². The highest BCUT2D eigenvalue weighted by molar-refractivity contribution is 5.76. The fraction of sp³-hybridized carbons (Fsp3) is 0.435. The molecule has 2 aromatic heterocycles. The van der Waals surface area contributed by atoms with E-state index in [-0.39, 0.29) is 30.0 Å². The molecular weight excluding hydrogens is 383 g/mol. The lowest BCUT2D eigenvalue weighted by Gasteiger charge is -2.33. The molecule has 0 spiro atoms. The van der Waals surface area contributed by atoms with Gasteiger partial charge in [-0.3, -0.25) is 13.9 Å². The van der Waals surface area contributed by atoms with Crippen molar-refractivity contribution < 1.29 is 9.18 Å². The molecule has 1 atom stereocenters. The average molecular weight is 410 g/mol. The number of benzene rings is 1. The van der Waals surface area contributed by atoms with Gasteiger partial charge in [-0.1, -0.05) is 26.0 Å². The van der Waals surface area contributed by atoms with Gasteiger partial charge in [0.1, 0.15) is 5.82 Å². The Balaban J connectivity index is 1.70. The van der Waals surface area contributed by atoms with Crippen molar-refractivity contribution in [2.75, 3.05) is 13.1 Å². The van der Waals surface area contributed by atoms with Crippen molar-refractivity contribution >= 4 is 17.1 Å².